The number of halogens is 1. The second kappa shape index (κ2) is 5.66. The van der Waals surface area contributed by atoms with Crippen LogP contribution in [0, 0.1) is 12.7 Å². The second-order valence-corrected chi connectivity index (χ2v) is 6.02. The highest BCUT2D eigenvalue weighted by Crippen LogP contribution is 2.27. The van der Waals surface area contributed by atoms with Crippen LogP contribution in [0.1, 0.15) is 5.56 Å². The number of hydrogen-bond acceptors (Lipinski definition) is 5. The monoisotopic (exact) mass is 330 g/mol. The van der Waals surface area contributed by atoms with Crippen molar-refractivity contribution < 1.29 is 4.39 Å². The third kappa shape index (κ3) is 2.57. The summed E-state index contributed by atoms with van der Waals surface area (Å²) in [6, 6.07) is 4.55. The predicted molar refractivity (Wildman–Crippen MR) is 91.1 cm³/mol. The molecule has 0 fully saturated rings. The van der Waals surface area contributed by atoms with Gasteiger partial charge in [0.1, 0.15) is 11.5 Å². The van der Waals surface area contributed by atoms with Crippen molar-refractivity contribution >= 4 is 28.5 Å². The molecular weight excluding hydrogens is 315 g/mol. The molecule has 0 radical (unpaired) electrons. The number of hydrogen-bond donors (Lipinski definition) is 1. The number of nitrogens with two attached hydrogens (primary N) is 1. The van der Waals surface area contributed by atoms with Gasteiger partial charge in [-0.3, -0.25) is 9.36 Å². The van der Waals surface area contributed by atoms with Crippen LogP contribution in [-0.2, 0) is 7.05 Å². The molecule has 2 N–H and O–H groups in total. The predicted octanol–water partition coefficient (Wildman–Crippen LogP) is 2.75. The molecule has 2 heterocycles. The molecule has 1 aromatic carbocycles. The van der Waals surface area contributed by atoms with Gasteiger partial charge in [0.2, 0.25) is 0 Å². The molecule has 2 aromatic heterocycles. The quantitative estimate of drug-likeness (QED) is 0.444. The van der Waals surface area contributed by atoms with E-state index < -0.39 is 5.82 Å². The summed E-state index contributed by atoms with van der Waals surface area (Å²) in [6.07, 6.45) is 3.55. The van der Waals surface area contributed by atoms with Crippen LogP contribution in [0.3, 0.4) is 0 Å². The van der Waals surface area contributed by atoms with Crippen LogP contribution in [0.2, 0.25) is 0 Å². The molecule has 0 amide bonds. The summed E-state index contributed by atoms with van der Waals surface area (Å²) in [6.45, 7) is 1.74. The van der Waals surface area contributed by atoms with E-state index in [0.29, 0.717) is 27.5 Å². The molecular formula is C16H15FN4OS. The van der Waals surface area contributed by atoms with E-state index in [1.807, 2.05) is 6.26 Å². The van der Waals surface area contributed by atoms with Crippen LogP contribution in [0.25, 0.3) is 22.2 Å². The minimum atomic E-state index is -0.489. The van der Waals surface area contributed by atoms with Crippen LogP contribution in [0.5, 0.6) is 0 Å². The summed E-state index contributed by atoms with van der Waals surface area (Å²) in [4.78, 5) is 21.3. The lowest BCUT2D eigenvalue weighted by Gasteiger charge is -2.11. The molecule has 0 spiro atoms. The molecule has 118 valence electrons. The summed E-state index contributed by atoms with van der Waals surface area (Å²) in [5.41, 5.74) is 7.73. The normalized spacial score (nSPS) is 11.1. The van der Waals surface area contributed by atoms with Crippen molar-refractivity contribution in [3.63, 3.8) is 0 Å². The number of anilines is 1. The number of fused-ring (bicyclic) bond motifs is 1. The molecule has 3 rings (SSSR count). The average Bonchev–Trinajstić information content (AvgIpc) is 2.54. The third-order valence-corrected chi connectivity index (χ3v) is 4.30. The zero-order valence-electron chi connectivity index (χ0n) is 12.9. The molecule has 0 saturated carbocycles. The van der Waals surface area contributed by atoms with Crippen molar-refractivity contribution in [1.82, 2.24) is 14.5 Å². The van der Waals surface area contributed by atoms with Gasteiger partial charge in [0.15, 0.2) is 5.16 Å². The fraction of sp³-hybridized carbons (Fsp3) is 0.188. The van der Waals surface area contributed by atoms with E-state index in [1.165, 1.54) is 28.5 Å². The van der Waals surface area contributed by atoms with Crippen molar-refractivity contribution in [3.05, 3.63) is 46.1 Å². The van der Waals surface area contributed by atoms with Crippen molar-refractivity contribution in [2.45, 2.75) is 12.1 Å². The largest absolute Gasteiger partial charge is 0.396 e. The summed E-state index contributed by atoms with van der Waals surface area (Å²) < 4.78 is 15.0. The number of thioether (sulfide) groups is 1. The highest BCUT2D eigenvalue weighted by molar-refractivity contribution is 7.98. The first-order valence-electron chi connectivity index (χ1n) is 6.89. The highest BCUT2D eigenvalue weighted by Gasteiger charge is 2.14. The Morgan fingerprint density at radius 2 is 2.00 bits per heavy atom. The molecule has 0 aliphatic rings. The van der Waals surface area contributed by atoms with E-state index in [0.717, 1.165) is 5.39 Å². The molecule has 0 aliphatic heterocycles. The zero-order valence-corrected chi connectivity index (χ0v) is 13.7. The van der Waals surface area contributed by atoms with Crippen molar-refractivity contribution in [2.24, 2.45) is 7.05 Å². The Kier molecular flexibility index (Phi) is 3.81. The van der Waals surface area contributed by atoms with E-state index >= 15 is 0 Å². The maximum Gasteiger partial charge on any atom is 0.259 e. The van der Waals surface area contributed by atoms with Crippen molar-refractivity contribution in [3.8, 4) is 11.1 Å². The lowest BCUT2D eigenvalue weighted by Crippen LogP contribution is -2.20. The van der Waals surface area contributed by atoms with Gasteiger partial charge in [-0.15, -0.1) is 0 Å². The van der Waals surface area contributed by atoms with Crippen LogP contribution in [-0.4, -0.2) is 20.8 Å². The summed E-state index contributed by atoms with van der Waals surface area (Å²) in [5, 5.41) is 1.34. The van der Waals surface area contributed by atoms with E-state index in [4.69, 9.17) is 5.73 Å². The average molecular weight is 330 g/mol. The van der Waals surface area contributed by atoms with Crippen LogP contribution in [0.4, 0.5) is 10.1 Å². The Labute approximate surface area is 136 Å². The van der Waals surface area contributed by atoms with E-state index in [-0.39, 0.29) is 11.2 Å². The number of rotatable bonds is 2. The molecule has 5 nitrogen and oxygen atoms in total. The Morgan fingerprint density at radius 1 is 1.26 bits per heavy atom. The van der Waals surface area contributed by atoms with Crippen molar-refractivity contribution in [2.75, 3.05) is 12.0 Å². The standard InChI is InChI=1S/C16H15FN4OS/c1-8-4-12(17)13(18)6-10(8)11-5-9-7-19-16(23-3)20-14(9)21(2)15(11)22/h4-7H,18H2,1-3H3. The smallest absolute Gasteiger partial charge is 0.259 e. The molecule has 0 saturated heterocycles. The minimum Gasteiger partial charge on any atom is -0.396 e. The Balaban J connectivity index is 2.34. The fourth-order valence-corrected chi connectivity index (χ4v) is 2.84. The molecule has 3 aromatic rings. The van der Waals surface area contributed by atoms with E-state index in [2.05, 4.69) is 9.97 Å². The van der Waals surface area contributed by atoms with Gasteiger partial charge in [0, 0.05) is 24.2 Å². The summed E-state index contributed by atoms with van der Waals surface area (Å²) in [7, 11) is 1.66. The molecule has 23 heavy (non-hydrogen) atoms. The van der Waals surface area contributed by atoms with Crippen LogP contribution >= 0.6 is 11.8 Å². The number of nitrogens with zero attached hydrogens (tertiary/aromatic N) is 3. The van der Waals surface area contributed by atoms with Gasteiger partial charge < -0.3 is 5.73 Å². The second-order valence-electron chi connectivity index (χ2n) is 5.25. The lowest BCUT2D eigenvalue weighted by atomic mass is 10.00. The van der Waals surface area contributed by atoms with Gasteiger partial charge in [0.25, 0.3) is 5.56 Å². The van der Waals surface area contributed by atoms with Gasteiger partial charge in [-0.25, -0.2) is 14.4 Å². The Hall–Kier alpha value is -2.41. The summed E-state index contributed by atoms with van der Waals surface area (Å²) >= 11 is 1.41. The minimum absolute atomic E-state index is 0.0155. The number of benzene rings is 1. The first-order valence-corrected chi connectivity index (χ1v) is 8.11. The molecule has 0 atom stereocenters. The Morgan fingerprint density at radius 3 is 2.70 bits per heavy atom. The first-order chi connectivity index (χ1) is 10.9. The lowest BCUT2D eigenvalue weighted by molar-refractivity contribution is 0.631. The number of pyridine rings is 1. The topological polar surface area (TPSA) is 73.8 Å². The van der Waals surface area contributed by atoms with Gasteiger partial charge in [-0.2, -0.15) is 0 Å². The van der Waals surface area contributed by atoms with E-state index in [1.54, 1.807) is 26.2 Å². The molecule has 0 bridgehead atoms. The SMILES string of the molecule is CSc1ncc2cc(-c3cc(N)c(F)cc3C)c(=O)n(C)c2n1. The van der Waals surface area contributed by atoms with Gasteiger partial charge in [-0.1, -0.05) is 11.8 Å². The van der Waals surface area contributed by atoms with Crippen LogP contribution < -0.4 is 11.3 Å². The maximum atomic E-state index is 13.6. The van der Waals surface area contributed by atoms with Crippen LogP contribution in [0.15, 0.2) is 34.3 Å². The van der Waals surface area contributed by atoms with Gasteiger partial charge in [0.05, 0.1) is 5.69 Å². The maximum absolute atomic E-state index is 13.6. The zero-order chi connectivity index (χ0) is 16.7. The molecule has 0 aliphatic carbocycles. The van der Waals surface area contributed by atoms with Crippen molar-refractivity contribution in [1.29, 1.82) is 0 Å². The molecule has 0 unspecified atom stereocenters. The molecule has 7 heteroatoms. The highest BCUT2D eigenvalue weighted by atomic mass is 32.2. The number of aromatic nitrogens is 3. The van der Waals surface area contributed by atoms with E-state index in [9.17, 15) is 9.18 Å². The Bertz CT molecular complexity index is 984. The number of nitrogen functional groups attached to an aromatic ring is 1. The van der Waals surface area contributed by atoms with Gasteiger partial charge >= 0.3 is 0 Å². The first kappa shape index (κ1) is 15.5. The van der Waals surface area contributed by atoms with Gasteiger partial charge in [-0.05, 0) is 42.5 Å². The summed E-state index contributed by atoms with van der Waals surface area (Å²) in [5.74, 6) is -0.489. The number of aryl methyl sites for hydroxylation is 2. The fourth-order valence-electron chi connectivity index (χ4n) is 2.50. The third-order valence-electron chi connectivity index (χ3n) is 3.74.